The van der Waals surface area contributed by atoms with Gasteiger partial charge in [0.1, 0.15) is 0 Å². The van der Waals surface area contributed by atoms with Crippen molar-refractivity contribution in [2.45, 2.75) is 50.2 Å². The van der Waals surface area contributed by atoms with Crippen LogP contribution in [0.15, 0.2) is 53.0 Å². The zero-order chi connectivity index (χ0) is 24.7. The number of carbonyl (C=O) groups excluding carboxylic acids is 2. The van der Waals surface area contributed by atoms with Crippen LogP contribution in [0.4, 0.5) is 5.69 Å². The second kappa shape index (κ2) is 9.54. The van der Waals surface area contributed by atoms with Gasteiger partial charge in [-0.2, -0.15) is 0 Å². The number of nitrogens with zero attached hydrogens (tertiary/aromatic N) is 1. The van der Waals surface area contributed by atoms with E-state index in [9.17, 15) is 19.5 Å². The van der Waals surface area contributed by atoms with Crippen molar-refractivity contribution in [3.8, 4) is 0 Å². The molecule has 2 heterocycles. The number of benzene rings is 2. The predicted octanol–water partition coefficient (Wildman–Crippen LogP) is 3.61. The molecule has 0 aromatic heterocycles. The molecule has 1 fully saturated rings. The van der Waals surface area contributed by atoms with Crippen molar-refractivity contribution in [2.75, 3.05) is 18.5 Å². The van der Waals surface area contributed by atoms with Crippen LogP contribution in [0.5, 0.6) is 0 Å². The monoisotopic (exact) mass is 546 g/mol. The van der Waals surface area contributed by atoms with Gasteiger partial charge in [0.05, 0.1) is 19.1 Å². The summed E-state index contributed by atoms with van der Waals surface area (Å²) in [4.78, 5) is 39.6. The molecule has 9 heteroatoms. The molecule has 0 unspecified atom stereocenters. The highest BCUT2D eigenvalue weighted by Crippen LogP contribution is 2.58. The molecule has 2 aliphatic heterocycles. The molecular weight excluding hydrogens is 516 g/mol. The first-order chi connectivity index (χ1) is 16.1. The summed E-state index contributed by atoms with van der Waals surface area (Å²) in [7, 11) is -2.84. The van der Waals surface area contributed by atoms with Gasteiger partial charge in [0.25, 0.3) is 5.91 Å². The van der Waals surface area contributed by atoms with Crippen LogP contribution in [-0.2, 0) is 26.5 Å². The van der Waals surface area contributed by atoms with Crippen molar-refractivity contribution >= 4 is 41.7 Å². The molecule has 34 heavy (non-hydrogen) atoms. The van der Waals surface area contributed by atoms with E-state index in [0.717, 1.165) is 15.6 Å². The molecule has 0 aliphatic carbocycles. The second-order valence-electron chi connectivity index (χ2n) is 9.73. The zero-order valence-electron chi connectivity index (χ0n) is 19.6. The summed E-state index contributed by atoms with van der Waals surface area (Å²) >= 11 is 3.49. The van der Waals surface area contributed by atoms with Crippen LogP contribution in [0.25, 0.3) is 0 Å². The molecule has 2 aromatic rings. The van der Waals surface area contributed by atoms with Gasteiger partial charge in [0.2, 0.25) is 5.91 Å². The lowest BCUT2D eigenvalue weighted by atomic mass is 9.82. The maximum absolute atomic E-state index is 13.4. The van der Waals surface area contributed by atoms with Crippen molar-refractivity contribution in [1.82, 2.24) is 4.90 Å². The van der Waals surface area contributed by atoms with Gasteiger partial charge in [0.15, 0.2) is 13.9 Å². The molecule has 2 aromatic carbocycles. The van der Waals surface area contributed by atoms with Crippen LogP contribution < -0.4 is 5.32 Å². The molecule has 1 saturated heterocycles. The smallest absolute Gasteiger partial charge is 0.261 e. The number of hydrogen-bond acceptors (Lipinski definition) is 5. The van der Waals surface area contributed by atoms with Crippen LogP contribution >= 0.6 is 15.9 Å². The minimum absolute atomic E-state index is 0.0250. The topological polar surface area (TPSA) is 99.1 Å². The lowest BCUT2D eigenvalue weighted by molar-refractivity contribution is -0.148. The number of halogens is 1. The minimum atomic E-state index is -2.84. The Morgan fingerprint density at radius 3 is 2.59 bits per heavy atom. The van der Waals surface area contributed by atoms with Crippen LogP contribution in [0.1, 0.15) is 24.5 Å². The Labute approximate surface area is 209 Å². The number of aliphatic hydroxyl groups excluding tert-OH is 1. The highest BCUT2D eigenvalue weighted by atomic mass is 79.9. The molecule has 0 radical (unpaired) electrons. The number of aliphatic hydroxyl groups is 1. The number of rotatable bonds is 7. The SMILES string of the molecule is C[C@H]1[C@H]([Si](C)(C)O)[C@@H](CC(=O)N(CCO)Cc2ccccc2)O[C@]12C(=O)Nc1ccc(Br)cc12. The lowest BCUT2D eigenvalue weighted by Gasteiger charge is -2.32. The summed E-state index contributed by atoms with van der Waals surface area (Å²) in [5.74, 6) is -0.765. The number of fused-ring (bicyclic) bond motifs is 2. The molecule has 2 amide bonds. The number of ether oxygens (including phenoxy) is 1. The van der Waals surface area contributed by atoms with E-state index in [4.69, 9.17) is 4.74 Å². The first-order valence-electron chi connectivity index (χ1n) is 11.5. The van der Waals surface area contributed by atoms with E-state index in [1.807, 2.05) is 68.5 Å². The summed E-state index contributed by atoms with van der Waals surface area (Å²) in [5, 5.41) is 12.5. The third-order valence-electron chi connectivity index (χ3n) is 7.02. The Morgan fingerprint density at radius 2 is 1.94 bits per heavy atom. The number of amides is 2. The number of hydrogen-bond donors (Lipinski definition) is 3. The van der Waals surface area contributed by atoms with E-state index in [2.05, 4.69) is 21.2 Å². The fraction of sp³-hybridized carbons (Fsp3) is 0.440. The lowest BCUT2D eigenvalue weighted by Crippen LogP contribution is -2.44. The summed E-state index contributed by atoms with van der Waals surface area (Å²) in [5.41, 5.74) is 0.787. The highest BCUT2D eigenvalue weighted by Gasteiger charge is 2.64. The van der Waals surface area contributed by atoms with E-state index >= 15 is 0 Å². The van der Waals surface area contributed by atoms with Gasteiger partial charge in [-0.05, 0) is 36.9 Å². The van der Waals surface area contributed by atoms with Crippen LogP contribution in [-0.4, -0.2) is 54.2 Å². The van der Waals surface area contributed by atoms with Crippen molar-refractivity contribution in [3.63, 3.8) is 0 Å². The molecule has 4 atom stereocenters. The van der Waals surface area contributed by atoms with Gasteiger partial charge < -0.3 is 24.9 Å². The maximum Gasteiger partial charge on any atom is 0.261 e. The normalized spacial score (nSPS) is 25.9. The van der Waals surface area contributed by atoms with E-state index < -0.39 is 20.0 Å². The molecule has 3 N–H and O–H groups in total. The molecule has 2 aliphatic rings. The van der Waals surface area contributed by atoms with Crippen molar-refractivity contribution in [1.29, 1.82) is 0 Å². The van der Waals surface area contributed by atoms with Gasteiger partial charge >= 0.3 is 0 Å². The number of nitrogens with one attached hydrogen (secondary N) is 1. The third-order valence-corrected chi connectivity index (χ3v) is 10.0. The average Bonchev–Trinajstić information content (AvgIpc) is 3.22. The molecule has 4 rings (SSSR count). The largest absolute Gasteiger partial charge is 0.432 e. The second-order valence-corrected chi connectivity index (χ2v) is 14.6. The van der Waals surface area contributed by atoms with Gasteiger partial charge in [-0.25, -0.2) is 0 Å². The van der Waals surface area contributed by atoms with Gasteiger partial charge in [-0.3, -0.25) is 9.59 Å². The summed E-state index contributed by atoms with van der Waals surface area (Å²) in [6, 6.07) is 15.2. The van der Waals surface area contributed by atoms with E-state index in [-0.39, 0.29) is 42.8 Å². The Hall–Kier alpha value is -2.04. The average molecular weight is 548 g/mol. The maximum atomic E-state index is 13.4. The number of anilines is 1. The van der Waals surface area contributed by atoms with Crippen LogP contribution in [0, 0.1) is 5.92 Å². The molecule has 1 spiro atoms. The van der Waals surface area contributed by atoms with Crippen molar-refractivity contribution < 1.29 is 24.2 Å². The molecule has 7 nitrogen and oxygen atoms in total. The third kappa shape index (κ3) is 4.47. The zero-order valence-corrected chi connectivity index (χ0v) is 22.2. The molecular formula is C25H31BrN2O5Si. The summed E-state index contributed by atoms with van der Waals surface area (Å²) < 4.78 is 7.36. The van der Waals surface area contributed by atoms with E-state index in [0.29, 0.717) is 12.2 Å². The van der Waals surface area contributed by atoms with Crippen LogP contribution in [0.3, 0.4) is 0 Å². The van der Waals surface area contributed by atoms with Gasteiger partial charge in [0, 0.05) is 40.3 Å². The predicted molar refractivity (Wildman–Crippen MR) is 135 cm³/mol. The fourth-order valence-corrected chi connectivity index (χ4v) is 8.50. The first kappa shape index (κ1) is 25.1. The molecule has 0 bridgehead atoms. The van der Waals surface area contributed by atoms with Crippen LogP contribution in [0.2, 0.25) is 18.6 Å². The fourth-order valence-electron chi connectivity index (χ4n) is 5.59. The van der Waals surface area contributed by atoms with Gasteiger partial charge in [-0.15, -0.1) is 0 Å². The minimum Gasteiger partial charge on any atom is -0.432 e. The quantitative estimate of drug-likeness (QED) is 0.460. The molecule has 0 saturated carbocycles. The standard InChI is InChI=1S/C25H31BrN2O5Si/c1-16-23(34(2,3)32)21(14-22(30)28(11-12-29)15-17-7-5-4-6-8-17)33-25(16)19-13-18(26)9-10-20(19)27-24(25)31/h4-10,13,16,21,23,29,32H,11-12,14-15H2,1-3H3,(H,27,31)/t16-,21+,23-,25+/m0/s1. The van der Waals surface area contributed by atoms with E-state index in [1.54, 1.807) is 4.90 Å². The summed E-state index contributed by atoms with van der Waals surface area (Å²) in [6.07, 6.45) is -0.598. The summed E-state index contributed by atoms with van der Waals surface area (Å²) in [6.45, 7) is 6.01. The first-order valence-corrected chi connectivity index (χ1v) is 15.3. The van der Waals surface area contributed by atoms with Crippen molar-refractivity contribution in [3.05, 3.63) is 64.1 Å². The highest BCUT2D eigenvalue weighted by molar-refractivity contribution is 9.10. The van der Waals surface area contributed by atoms with Crippen molar-refractivity contribution in [2.24, 2.45) is 5.92 Å². The Bertz CT molecular complexity index is 1080. The Kier molecular flexibility index (Phi) is 7.03. The van der Waals surface area contributed by atoms with Gasteiger partial charge in [-0.1, -0.05) is 53.2 Å². The van der Waals surface area contributed by atoms with E-state index in [1.165, 1.54) is 0 Å². The molecule has 182 valence electrons. The Balaban J connectivity index is 1.65. The number of carbonyl (C=O) groups is 2. The Morgan fingerprint density at radius 1 is 1.24 bits per heavy atom.